The van der Waals surface area contributed by atoms with E-state index < -0.39 is 30.9 Å². The number of hydrogen-bond acceptors (Lipinski definition) is 3. The van der Waals surface area contributed by atoms with Gasteiger partial charge < -0.3 is 9.47 Å². The normalized spacial score (nSPS) is 12.1. The maximum atomic E-state index is 11.8. The van der Waals surface area contributed by atoms with Crippen molar-refractivity contribution in [3.05, 3.63) is 29.8 Å². The second-order valence-electron chi connectivity index (χ2n) is 3.27. The van der Waals surface area contributed by atoms with E-state index in [0.717, 1.165) is 24.3 Å². The summed E-state index contributed by atoms with van der Waals surface area (Å²) < 4.78 is 78.2. The van der Waals surface area contributed by atoms with E-state index >= 15 is 0 Å². The van der Waals surface area contributed by atoms with Gasteiger partial charge in [0.05, 0.1) is 0 Å². The van der Waals surface area contributed by atoms with Gasteiger partial charge in [-0.05, 0) is 17.7 Å². The Labute approximate surface area is 102 Å². The molecule has 9 heteroatoms. The molecule has 0 saturated heterocycles. The standard InChI is InChI=1S/C10H6F6O3/c11-9(12,13)8(17)18-5-6-1-3-7(4-2-6)19-10(14,15)16/h1-4H,5H2. The third kappa shape index (κ3) is 5.49. The fraction of sp³-hybridized carbons (Fsp3) is 0.300. The minimum atomic E-state index is -5.11. The topological polar surface area (TPSA) is 35.5 Å². The van der Waals surface area contributed by atoms with Gasteiger partial charge in [0.2, 0.25) is 0 Å². The average molecular weight is 288 g/mol. The third-order valence-electron chi connectivity index (χ3n) is 1.76. The Morgan fingerprint density at radius 1 is 1.00 bits per heavy atom. The zero-order valence-corrected chi connectivity index (χ0v) is 9.01. The molecule has 0 saturated carbocycles. The molecule has 0 atom stereocenters. The van der Waals surface area contributed by atoms with Crippen LogP contribution in [0.5, 0.6) is 5.75 Å². The predicted molar refractivity (Wildman–Crippen MR) is 49.0 cm³/mol. The van der Waals surface area contributed by atoms with Crippen LogP contribution in [0.1, 0.15) is 5.56 Å². The van der Waals surface area contributed by atoms with Crippen molar-refractivity contribution < 1.29 is 40.6 Å². The van der Waals surface area contributed by atoms with Crippen molar-refractivity contribution in [3.8, 4) is 5.75 Å². The lowest BCUT2D eigenvalue weighted by molar-refractivity contribution is -0.274. The number of halogens is 6. The smallest absolute Gasteiger partial charge is 0.454 e. The molecule has 0 N–H and O–H groups in total. The highest BCUT2D eigenvalue weighted by molar-refractivity contribution is 5.75. The van der Waals surface area contributed by atoms with Gasteiger partial charge in [-0.25, -0.2) is 4.79 Å². The Bertz CT molecular complexity index is 434. The van der Waals surface area contributed by atoms with Crippen LogP contribution in [0.25, 0.3) is 0 Å². The number of carbonyl (C=O) groups excluding carboxylic acids is 1. The van der Waals surface area contributed by atoms with Crippen LogP contribution in [0.3, 0.4) is 0 Å². The molecule has 0 aliphatic carbocycles. The van der Waals surface area contributed by atoms with Gasteiger partial charge in [0, 0.05) is 0 Å². The molecule has 19 heavy (non-hydrogen) atoms. The Morgan fingerprint density at radius 2 is 1.53 bits per heavy atom. The summed E-state index contributed by atoms with van der Waals surface area (Å²) in [5.41, 5.74) is 0.0899. The summed E-state index contributed by atoms with van der Waals surface area (Å²) in [7, 11) is 0. The van der Waals surface area contributed by atoms with Crippen molar-refractivity contribution in [2.45, 2.75) is 19.1 Å². The molecular formula is C10H6F6O3. The van der Waals surface area contributed by atoms with Crippen molar-refractivity contribution in [1.82, 2.24) is 0 Å². The fourth-order valence-corrected chi connectivity index (χ4v) is 1.02. The van der Waals surface area contributed by atoms with Gasteiger partial charge in [0.1, 0.15) is 12.4 Å². The molecule has 0 aromatic heterocycles. The van der Waals surface area contributed by atoms with E-state index in [9.17, 15) is 31.1 Å². The fourth-order valence-electron chi connectivity index (χ4n) is 1.02. The predicted octanol–water partition coefficient (Wildman–Crippen LogP) is 3.19. The van der Waals surface area contributed by atoms with Gasteiger partial charge in [-0.2, -0.15) is 13.2 Å². The second kappa shape index (κ2) is 5.37. The first-order chi connectivity index (χ1) is 8.58. The number of hydrogen-bond donors (Lipinski definition) is 0. The van der Waals surface area contributed by atoms with Crippen LogP contribution in [0.15, 0.2) is 24.3 Å². The highest BCUT2D eigenvalue weighted by Gasteiger charge is 2.40. The highest BCUT2D eigenvalue weighted by atomic mass is 19.4. The Morgan fingerprint density at radius 3 is 1.95 bits per heavy atom. The van der Waals surface area contributed by atoms with Crippen LogP contribution in [0.4, 0.5) is 26.3 Å². The van der Waals surface area contributed by atoms with Crippen LogP contribution in [-0.4, -0.2) is 18.5 Å². The van der Waals surface area contributed by atoms with Gasteiger partial charge in [0.25, 0.3) is 0 Å². The maximum absolute atomic E-state index is 11.8. The quantitative estimate of drug-likeness (QED) is 0.633. The number of carbonyl (C=O) groups is 1. The number of esters is 1. The minimum absolute atomic E-state index is 0.0899. The number of benzene rings is 1. The van der Waals surface area contributed by atoms with E-state index in [-0.39, 0.29) is 5.56 Å². The van der Waals surface area contributed by atoms with E-state index in [1.807, 2.05) is 0 Å². The summed E-state index contributed by atoms with van der Waals surface area (Å²) in [4.78, 5) is 10.4. The van der Waals surface area contributed by atoms with Crippen molar-refractivity contribution in [2.24, 2.45) is 0 Å². The molecule has 0 bridgehead atoms. The minimum Gasteiger partial charge on any atom is -0.454 e. The van der Waals surface area contributed by atoms with E-state index in [0.29, 0.717) is 0 Å². The average Bonchev–Trinajstić information content (AvgIpc) is 2.24. The second-order valence-corrected chi connectivity index (χ2v) is 3.27. The molecule has 0 amide bonds. The summed E-state index contributed by atoms with van der Waals surface area (Å²) >= 11 is 0. The van der Waals surface area contributed by atoms with E-state index in [4.69, 9.17) is 0 Å². The maximum Gasteiger partial charge on any atom is 0.573 e. The third-order valence-corrected chi connectivity index (χ3v) is 1.76. The lowest BCUT2D eigenvalue weighted by atomic mass is 10.2. The van der Waals surface area contributed by atoms with Crippen LogP contribution < -0.4 is 4.74 Å². The molecule has 0 unspecified atom stereocenters. The lowest BCUT2D eigenvalue weighted by Gasteiger charge is -2.10. The summed E-state index contributed by atoms with van der Waals surface area (Å²) in [6, 6.07) is 3.88. The monoisotopic (exact) mass is 288 g/mol. The van der Waals surface area contributed by atoms with Gasteiger partial charge >= 0.3 is 18.5 Å². The first-order valence-corrected chi connectivity index (χ1v) is 4.66. The van der Waals surface area contributed by atoms with E-state index in [1.165, 1.54) is 0 Å². The Hall–Kier alpha value is -1.93. The summed E-state index contributed by atoms with van der Waals surface area (Å²) in [5, 5.41) is 0. The molecule has 3 nitrogen and oxygen atoms in total. The Balaban J connectivity index is 2.56. The molecule has 0 aliphatic rings. The van der Waals surface area contributed by atoms with Crippen LogP contribution in [0.2, 0.25) is 0 Å². The summed E-state index contributed by atoms with van der Waals surface area (Å²) in [6.07, 6.45) is -9.97. The molecule has 0 fully saturated rings. The number of alkyl halides is 6. The Kier molecular flexibility index (Phi) is 4.28. The molecule has 1 rings (SSSR count). The van der Waals surface area contributed by atoms with Gasteiger partial charge in [-0.3, -0.25) is 0 Å². The molecule has 1 aromatic rings. The molecule has 0 heterocycles. The first-order valence-electron chi connectivity index (χ1n) is 4.66. The van der Waals surface area contributed by atoms with Crippen LogP contribution in [-0.2, 0) is 16.1 Å². The molecule has 1 aromatic carbocycles. The lowest BCUT2D eigenvalue weighted by Crippen LogP contribution is -2.25. The molecule has 0 aliphatic heterocycles. The van der Waals surface area contributed by atoms with Crippen molar-refractivity contribution in [1.29, 1.82) is 0 Å². The molecule has 0 spiro atoms. The van der Waals surface area contributed by atoms with Crippen molar-refractivity contribution in [2.75, 3.05) is 0 Å². The van der Waals surface area contributed by atoms with Gasteiger partial charge in [0.15, 0.2) is 0 Å². The van der Waals surface area contributed by atoms with Crippen molar-refractivity contribution >= 4 is 5.97 Å². The van der Waals surface area contributed by atoms with Crippen molar-refractivity contribution in [3.63, 3.8) is 0 Å². The zero-order valence-electron chi connectivity index (χ0n) is 9.01. The van der Waals surface area contributed by atoms with E-state index in [1.54, 1.807) is 0 Å². The largest absolute Gasteiger partial charge is 0.573 e. The first kappa shape index (κ1) is 15.1. The van der Waals surface area contributed by atoms with Crippen LogP contribution >= 0.6 is 0 Å². The zero-order chi connectivity index (χ0) is 14.7. The summed E-state index contributed by atoms with van der Waals surface area (Å²) in [5.74, 6) is -2.90. The number of ether oxygens (including phenoxy) is 2. The SMILES string of the molecule is O=C(OCc1ccc(OC(F)(F)F)cc1)C(F)(F)F. The van der Waals surface area contributed by atoms with Gasteiger partial charge in [-0.15, -0.1) is 13.2 Å². The molecular weight excluding hydrogens is 282 g/mol. The highest BCUT2D eigenvalue weighted by Crippen LogP contribution is 2.23. The molecule has 106 valence electrons. The van der Waals surface area contributed by atoms with Gasteiger partial charge in [-0.1, -0.05) is 12.1 Å². The summed E-state index contributed by atoms with van der Waals surface area (Å²) in [6.45, 7) is -0.704. The van der Waals surface area contributed by atoms with Crippen LogP contribution in [0, 0.1) is 0 Å². The van der Waals surface area contributed by atoms with E-state index in [2.05, 4.69) is 9.47 Å². The molecule has 0 radical (unpaired) electrons. The number of rotatable bonds is 3.